The summed E-state index contributed by atoms with van der Waals surface area (Å²) >= 11 is 12.3. The molecule has 0 atom stereocenters. The second-order valence-corrected chi connectivity index (χ2v) is 8.54. The molecule has 32 heavy (non-hydrogen) atoms. The largest absolute Gasteiger partial charge is 0.478 e. The zero-order chi connectivity index (χ0) is 22.9. The molecule has 0 saturated heterocycles. The zero-order valence-corrected chi connectivity index (χ0v) is 18.8. The Balaban J connectivity index is 1.56. The molecule has 0 unspecified atom stereocenters. The molecule has 1 N–H and O–H groups in total. The van der Waals surface area contributed by atoms with Gasteiger partial charge in [-0.25, -0.2) is 4.79 Å². The fraction of sp³-hybridized carbons (Fsp3) is 0.120. The number of carbonyl (C=O) groups is 1. The van der Waals surface area contributed by atoms with Crippen LogP contribution in [0.5, 0.6) is 5.75 Å². The van der Waals surface area contributed by atoms with E-state index in [9.17, 15) is 9.59 Å². The van der Waals surface area contributed by atoms with Gasteiger partial charge in [0.2, 0.25) is 0 Å². The van der Waals surface area contributed by atoms with Crippen LogP contribution in [0.1, 0.15) is 13.8 Å². The second-order valence-electron chi connectivity index (χ2n) is 7.70. The smallest absolute Gasteiger partial charge is 0.344 e. The topological polar surface area (TPSA) is 68.5 Å². The lowest BCUT2D eigenvalue weighted by molar-refractivity contribution is -0.128. The molecule has 4 rings (SSSR count). The molecule has 0 saturated carbocycles. The van der Waals surface area contributed by atoms with Gasteiger partial charge in [0.25, 0.3) is 5.91 Å². The van der Waals surface area contributed by atoms with Gasteiger partial charge in [0.1, 0.15) is 11.3 Å². The van der Waals surface area contributed by atoms with Crippen molar-refractivity contribution in [3.05, 3.63) is 93.3 Å². The molecule has 0 aliphatic heterocycles. The summed E-state index contributed by atoms with van der Waals surface area (Å²) in [6.45, 7) is 3.32. The standard InChI is InChI=1S/C25H19Cl2NO4/c1-25(2,32-18-10-7-16(26)8-11-18)24(30)28-17-9-12-19(21(27)14-17)20-13-15-5-3-4-6-22(15)31-23(20)29/h3-14H,1-2H3,(H,28,30). The summed E-state index contributed by atoms with van der Waals surface area (Å²) in [6.07, 6.45) is 0. The number of benzene rings is 3. The zero-order valence-electron chi connectivity index (χ0n) is 17.3. The Bertz CT molecular complexity index is 1360. The summed E-state index contributed by atoms with van der Waals surface area (Å²) in [5, 5.41) is 4.48. The van der Waals surface area contributed by atoms with E-state index < -0.39 is 11.2 Å². The number of carbonyl (C=O) groups excluding carboxylic acids is 1. The number of nitrogens with one attached hydrogen (secondary N) is 1. The van der Waals surface area contributed by atoms with Crippen LogP contribution in [-0.2, 0) is 4.79 Å². The van der Waals surface area contributed by atoms with Crippen molar-refractivity contribution < 1.29 is 13.9 Å². The first-order valence-electron chi connectivity index (χ1n) is 9.82. The summed E-state index contributed by atoms with van der Waals surface area (Å²) in [6, 6.07) is 20.7. The van der Waals surface area contributed by atoms with Crippen LogP contribution >= 0.6 is 23.2 Å². The van der Waals surface area contributed by atoms with Gasteiger partial charge < -0.3 is 14.5 Å². The first-order valence-corrected chi connectivity index (χ1v) is 10.6. The highest BCUT2D eigenvalue weighted by atomic mass is 35.5. The van der Waals surface area contributed by atoms with E-state index in [1.54, 1.807) is 74.5 Å². The third-order valence-corrected chi connectivity index (χ3v) is 5.46. The van der Waals surface area contributed by atoms with Crippen molar-refractivity contribution in [1.29, 1.82) is 0 Å². The van der Waals surface area contributed by atoms with Crippen molar-refractivity contribution in [2.75, 3.05) is 5.32 Å². The average molecular weight is 468 g/mol. The van der Waals surface area contributed by atoms with E-state index in [-0.39, 0.29) is 5.91 Å². The normalized spacial score (nSPS) is 11.4. The van der Waals surface area contributed by atoms with Crippen LogP contribution in [0.15, 0.2) is 82.0 Å². The van der Waals surface area contributed by atoms with Crippen LogP contribution < -0.4 is 15.7 Å². The number of fused-ring (bicyclic) bond motifs is 1. The summed E-state index contributed by atoms with van der Waals surface area (Å²) in [5.74, 6) is 0.160. The molecule has 0 aliphatic rings. The maximum absolute atomic E-state index is 12.8. The fourth-order valence-electron chi connectivity index (χ4n) is 3.19. The lowest BCUT2D eigenvalue weighted by Crippen LogP contribution is -2.42. The van der Waals surface area contributed by atoms with Gasteiger partial charge in [0, 0.05) is 21.7 Å². The summed E-state index contributed by atoms with van der Waals surface area (Å²) < 4.78 is 11.2. The van der Waals surface area contributed by atoms with Crippen LogP contribution in [-0.4, -0.2) is 11.5 Å². The molecule has 1 aromatic heterocycles. The number of rotatable bonds is 5. The molecular weight excluding hydrogens is 449 g/mol. The molecule has 0 bridgehead atoms. The van der Waals surface area contributed by atoms with Crippen LogP contribution in [0.4, 0.5) is 5.69 Å². The minimum absolute atomic E-state index is 0.307. The minimum atomic E-state index is -1.15. The van der Waals surface area contributed by atoms with Crippen molar-refractivity contribution in [3.63, 3.8) is 0 Å². The van der Waals surface area contributed by atoms with Gasteiger partial charge in [0.05, 0.1) is 10.6 Å². The van der Waals surface area contributed by atoms with E-state index in [4.69, 9.17) is 32.4 Å². The van der Waals surface area contributed by atoms with Gasteiger partial charge in [-0.3, -0.25) is 4.79 Å². The van der Waals surface area contributed by atoms with Crippen LogP contribution in [0.3, 0.4) is 0 Å². The molecule has 0 radical (unpaired) electrons. The van der Waals surface area contributed by atoms with E-state index in [1.807, 2.05) is 12.1 Å². The number of halogens is 2. The predicted molar refractivity (Wildman–Crippen MR) is 128 cm³/mol. The number of ether oxygens (including phenoxy) is 1. The number of para-hydroxylation sites is 1. The number of hydrogen-bond acceptors (Lipinski definition) is 4. The highest BCUT2D eigenvalue weighted by molar-refractivity contribution is 6.33. The molecule has 7 heteroatoms. The molecule has 0 fully saturated rings. The Morgan fingerprint density at radius 3 is 2.38 bits per heavy atom. The molecule has 1 amide bonds. The molecule has 5 nitrogen and oxygen atoms in total. The minimum Gasteiger partial charge on any atom is -0.478 e. The lowest BCUT2D eigenvalue weighted by atomic mass is 10.0. The van der Waals surface area contributed by atoms with Gasteiger partial charge in [-0.15, -0.1) is 0 Å². The van der Waals surface area contributed by atoms with Crippen molar-refractivity contribution in [1.82, 2.24) is 0 Å². The van der Waals surface area contributed by atoms with E-state index >= 15 is 0 Å². The molecule has 3 aromatic carbocycles. The number of anilines is 1. The fourth-order valence-corrected chi connectivity index (χ4v) is 3.59. The SMILES string of the molecule is CC(C)(Oc1ccc(Cl)cc1)C(=O)Nc1ccc(-c2cc3ccccc3oc2=O)c(Cl)c1. The maximum atomic E-state index is 12.8. The molecular formula is C25H19Cl2NO4. The second kappa shape index (κ2) is 8.69. The number of amides is 1. The first kappa shape index (κ1) is 21.9. The Morgan fingerprint density at radius 1 is 0.938 bits per heavy atom. The van der Waals surface area contributed by atoms with Crippen molar-refractivity contribution in [3.8, 4) is 16.9 Å². The van der Waals surface area contributed by atoms with Crippen molar-refractivity contribution >= 4 is 45.8 Å². The van der Waals surface area contributed by atoms with Crippen LogP contribution in [0, 0.1) is 0 Å². The van der Waals surface area contributed by atoms with E-state index in [2.05, 4.69) is 5.32 Å². The van der Waals surface area contributed by atoms with Gasteiger partial charge in [-0.1, -0.05) is 47.5 Å². The Morgan fingerprint density at radius 2 is 1.66 bits per heavy atom. The molecule has 1 heterocycles. The average Bonchev–Trinajstić information content (AvgIpc) is 2.75. The first-order chi connectivity index (χ1) is 15.2. The van der Waals surface area contributed by atoms with E-state index in [0.717, 1.165) is 5.39 Å². The van der Waals surface area contributed by atoms with Gasteiger partial charge in [-0.05, 0) is 62.4 Å². The van der Waals surface area contributed by atoms with Crippen LogP contribution in [0.2, 0.25) is 10.0 Å². The summed E-state index contributed by atoms with van der Waals surface area (Å²) in [5.41, 5.74) is 0.197. The third-order valence-electron chi connectivity index (χ3n) is 4.89. The summed E-state index contributed by atoms with van der Waals surface area (Å²) in [4.78, 5) is 25.3. The van der Waals surface area contributed by atoms with Crippen molar-refractivity contribution in [2.24, 2.45) is 0 Å². The monoisotopic (exact) mass is 467 g/mol. The Labute approximate surface area is 194 Å². The Hall–Kier alpha value is -3.28. The quantitative estimate of drug-likeness (QED) is 0.337. The van der Waals surface area contributed by atoms with Gasteiger partial charge in [0.15, 0.2) is 5.60 Å². The van der Waals surface area contributed by atoms with Gasteiger partial charge in [-0.2, -0.15) is 0 Å². The highest BCUT2D eigenvalue weighted by Crippen LogP contribution is 2.31. The van der Waals surface area contributed by atoms with Crippen molar-refractivity contribution in [2.45, 2.75) is 19.4 Å². The third kappa shape index (κ3) is 4.64. The molecule has 0 spiro atoms. The Kier molecular flexibility index (Phi) is 5.96. The lowest BCUT2D eigenvalue weighted by Gasteiger charge is -2.25. The number of hydrogen-bond donors (Lipinski definition) is 1. The molecule has 0 aliphatic carbocycles. The highest BCUT2D eigenvalue weighted by Gasteiger charge is 2.30. The van der Waals surface area contributed by atoms with E-state index in [1.165, 1.54) is 0 Å². The maximum Gasteiger partial charge on any atom is 0.344 e. The van der Waals surface area contributed by atoms with E-state index in [0.29, 0.717) is 38.2 Å². The molecule has 4 aromatic rings. The predicted octanol–water partition coefficient (Wildman–Crippen LogP) is 6.56. The molecule has 162 valence electrons. The van der Waals surface area contributed by atoms with Crippen LogP contribution in [0.25, 0.3) is 22.1 Å². The van der Waals surface area contributed by atoms with Gasteiger partial charge >= 0.3 is 5.63 Å². The summed E-state index contributed by atoms with van der Waals surface area (Å²) in [7, 11) is 0.